The standard InChI is InChI=1S/C21H19NO3/c1-16-8-5-6-13-20(16)22-21(23)15-24-18-11-7-12-19(14-18)25-17-9-3-2-4-10-17/h2-14H,15H2,1H3,(H,22,23). The first-order valence-corrected chi connectivity index (χ1v) is 8.02. The Balaban J connectivity index is 1.57. The van der Waals surface area contributed by atoms with Crippen molar-refractivity contribution in [2.45, 2.75) is 6.92 Å². The van der Waals surface area contributed by atoms with Crippen molar-refractivity contribution in [2.24, 2.45) is 0 Å². The summed E-state index contributed by atoms with van der Waals surface area (Å²) in [6, 6.07) is 24.3. The predicted octanol–water partition coefficient (Wildman–Crippen LogP) is 4.80. The number of anilines is 1. The summed E-state index contributed by atoms with van der Waals surface area (Å²) in [4.78, 5) is 12.0. The van der Waals surface area contributed by atoms with Gasteiger partial charge in [-0.2, -0.15) is 0 Å². The fourth-order valence-corrected chi connectivity index (χ4v) is 2.30. The second-order valence-corrected chi connectivity index (χ2v) is 5.54. The minimum absolute atomic E-state index is 0.0663. The molecule has 0 radical (unpaired) electrons. The van der Waals surface area contributed by atoms with Gasteiger partial charge in [-0.05, 0) is 42.8 Å². The molecule has 1 amide bonds. The maximum Gasteiger partial charge on any atom is 0.262 e. The van der Waals surface area contributed by atoms with Crippen LogP contribution in [0.4, 0.5) is 5.69 Å². The molecule has 0 unspecified atom stereocenters. The Kier molecular flexibility index (Phi) is 5.32. The summed E-state index contributed by atoms with van der Waals surface area (Å²) < 4.78 is 11.3. The van der Waals surface area contributed by atoms with Crippen LogP contribution in [0.2, 0.25) is 0 Å². The van der Waals surface area contributed by atoms with Gasteiger partial charge in [0.1, 0.15) is 17.2 Å². The van der Waals surface area contributed by atoms with Gasteiger partial charge in [-0.1, -0.05) is 42.5 Å². The van der Waals surface area contributed by atoms with Gasteiger partial charge in [0.25, 0.3) is 5.91 Å². The second-order valence-electron chi connectivity index (χ2n) is 5.54. The van der Waals surface area contributed by atoms with E-state index in [1.54, 1.807) is 12.1 Å². The molecule has 0 aromatic heterocycles. The first kappa shape index (κ1) is 16.6. The highest BCUT2D eigenvalue weighted by Crippen LogP contribution is 2.25. The molecule has 0 spiro atoms. The van der Waals surface area contributed by atoms with Crippen LogP contribution in [0.15, 0.2) is 78.9 Å². The van der Waals surface area contributed by atoms with Crippen LogP contribution in [0, 0.1) is 6.92 Å². The number of ether oxygens (including phenoxy) is 2. The van der Waals surface area contributed by atoms with Gasteiger partial charge in [0.05, 0.1) is 0 Å². The molecule has 4 heteroatoms. The molecule has 1 N–H and O–H groups in total. The number of rotatable bonds is 6. The van der Waals surface area contributed by atoms with E-state index in [1.807, 2.05) is 73.7 Å². The van der Waals surface area contributed by atoms with Crippen molar-refractivity contribution in [3.05, 3.63) is 84.4 Å². The molecular formula is C21H19NO3. The van der Waals surface area contributed by atoms with Crippen molar-refractivity contribution in [1.82, 2.24) is 0 Å². The number of aryl methyl sites for hydroxylation is 1. The third-order valence-corrected chi connectivity index (χ3v) is 3.57. The lowest BCUT2D eigenvalue weighted by atomic mass is 10.2. The number of hydrogen-bond acceptors (Lipinski definition) is 3. The van der Waals surface area contributed by atoms with Crippen molar-refractivity contribution in [2.75, 3.05) is 11.9 Å². The van der Waals surface area contributed by atoms with Crippen LogP contribution in [0.1, 0.15) is 5.56 Å². The lowest BCUT2D eigenvalue weighted by Gasteiger charge is -2.10. The maximum atomic E-state index is 12.0. The van der Waals surface area contributed by atoms with Gasteiger partial charge in [-0.25, -0.2) is 0 Å². The summed E-state index contributed by atoms with van der Waals surface area (Å²) in [5, 5.41) is 2.84. The minimum Gasteiger partial charge on any atom is -0.484 e. The molecule has 0 aliphatic rings. The quantitative estimate of drug-likeness (QED) is 0.704. The van der Waals surface area contributed by atoms with E-state index in [2.05, 4.69) is 5.32 Å². The molecule has 25 heavy (non-hydrogen) atoms. The van der Waals surface area contributed by atoms with E-state index in [0.717, 1.165) is 17.0 Å². The monoisotopic (exact) mass is 333 g/mol. The molecule has 3 aromatic carbocycles. The normalized spacial score (nSPS) is 10.1. The third kappa shape index (κ3) is 4.85. The molecule has 3 rings (SSSR count). The molecule has 0 aliphatic heterocycles. The van der Waals surface area contributed by atoms with E-state index < -0.39 is 0 Å². The Morgan fingerprint density at radius 3 is 2.32 bits per heavy atom. The number of para-hydroxylation sites is 2. The summed E-state index contributed by atoms with van der Waals surface area (Å²) in [7, 11) is 0. The largest absolute Gasteiger partial charge is 0.484 e. The van der Waals surface area contributed by atoms with Crippen LogP contribution in [0.5, 0.6) is 17.2 Å². The smallest absolute Gasteiger partial charge is 0.262 e. The van der Waals surface area contributed by atoms with Gasteiger partial charge < -0.3 is 14.8 Å². The zero-order chi connectivity index (χ0) is 17.5. The summed E-state index contributed by atoms with van der Waals surface area (Å²) >= 11 is 0. The average molecular weight is 333 g/mol. The van der Waals surface area contributed by atoms with Crippen molar-refractivity contribution in [3.63, 3.8) is 0 Å². The molecular weight excluding hydrogens is 314 g/mol. The molecule has 3 aromatic rings. The van der Waals surface area contributed by atoms with Crippen LogP contribution in [0.25, 0.3) is 0 Å². The topological polar surface area (TPSA) is 47.6 Å². The zero-order valence-corrected chi connectivity index (χ0v) is 13.9. The molecule has 0 atom stereocenters. The van der Waals surface area contributed by atoms with Crippen molar-refractivity contribution >= 4 is 11.6 Å². The number of hydrogen-bond donors (Lipinski definition) is 1. The van der Waals surface area contributed by atoms with E-state index >= 15 is 0 Å². The molecule has 0 bridgehead atoms. The first-order valence-electron chi connectivity index (χ1n) is 8.02. The molecule has 126 valence electrons. The van der Waals surface area contributed by atoms with Crippen LogP contribution in [-0.2, 0) is 4.79 Å². The second kappa shape index (κ2) is 8.02. The number of amides is 1. The van der Waals surface area contributed by atoms with Crippen LogP contribution in [-0.4, -0.2) is 12.5 Å². The molecule has 0 saturated heterocycles. The highest BCUT2D eigenvalue weighted by molar-refractivity contribution is 5.92. The summed E-state index contributed by atoms with van der Waals surface area (Å²) in [6.45, 7) is 1.88. The van der Waals surface area contributed by atoms with E-state index in [1.165, 1.54) is 0 Å². The Morgan fingerprint density at radius 1 is 0.840 bits per heavy atom. The van der Waals surface area contributed by atoms with Crippen LogP contribution >= 0.6 is 0 Å². The zero-order valence-electron chi connectivity index (χ0n) is 13.9. The summed E-state index contributed by atoms with van der Waals surface area (Å²) in [6.07, 6.45) is 0. The van der Waals surface area contributed by atoms with Crippen molar-refractivity contribution in [3.8, 4) is 17.2 Å². The Hall–Kier alpha value is -3.27. The van der Waals surface area contributed by atoms with Gasteiger partial charge in [0.15, 0.2) is 6.61 Å². The van der Waals surface area contributed by atoms with Gasteiger partial charge in [0.2, 0.25) is 0 Å². The summed E-state index contributed by atoms with van der Waals surface area (Å²) in [5.74, 6) is 1.78. The molecule has 0 heterocycles. The van der Waals surface area contributed by atoms with Gasteiger partial charge in [-0.3, -0.25) is 4.79 Å². The Morgan fingerprint density at radius 2 is 1.52 bits per heavy atom. The van der Waals surface area contributed by atoms with E-state index in [4.69, 9.17) is 9.47 Å². The fourth-order valence-electron chi connectivity index (χ4n) is 2.30. The van der Waals surface area contributed by atoms with Crippen LogP contribution < -0.4 is 14.8 Å². The molecule has 0 fully saturated rings. The van der Waals surface area contributed by atoms with Crippen molar-refractivity contribution < 1.29 is 14.3 Å². The number of nitrogens with one attached hydrogen (secondary N) is 1. The lowest BCUT2D eigenvalue weighted by Crippen LogP contribution is -2.20. The third-order valence-electron chi connectivity index (χ3n) is 3.57. The Bertz CT molecular complexity index is 847. The summed E-state index contributed by atoms with van der Waals surface area (Å²) in [5.41, 5.74) is 1.80. The van der Waals surface area contributed by atoms with Gasteiger partial charge >= 0.3 is 0 Å². The van der Waals surface area contributed by atoms with E-state index in [9.17, 15) is 4.79 Å². The lowest BCUT2D eigenvalue weighted by molar-refractivity contribution is -0.118. The number of carbonyl (C=O) groups is 1. The highest BCUT2D eigenvalue weighted by Gasteiger charge is 2.06. The highest BCUT2D eigenvalue weighted by atomic mass is 16.5. The van der Waals surface area contributed by atoms with E-state index in [-0.39, 0.29) is 12.5 Å². The molecule has 0 saturated carbocycles. The molecule has 4 nitrogen and oxygen atoms in total. The van der Waals surface area contributed by atoms with Gasteiger partial charge in [0, 0.05) is 11.8 Å². The average Bonchev–Trinajstić information content (AvgIpc) is 2.63. The maximum absolute atomic E-state index is 12.0. The van der Waals surface area contributed by atoms with Crippen LogP contribution in [0.3, 0.4) is 0 Å². The Labute approximate surface area is 147 Å². The number of benzene rings is 3. The van der Waals surface area contributed by atoms with Crippen molar-refractivity contribution in [1.29, 1.82) is 0 Å². The first-order chi connectivity index (χ1) is 12.2. The minimum atomic E-state index is -0.205. The predicted molar refractivity (Wildman–Crippen MR) is 98.3 cm³/mol. The van der Waals surface area contributed by atoms with E-state index in [0.29, 0.717) is 11.5 Å². The number of carbonyl (C=O) groups excluding carboxylic acids is 1. The fraction of sp³-hybridized carbons (Fsp3) is 0.0952. The SMILES string of the molecule is Cc1ccccc1NC(=O)COc1cccc(Oc2ccccc2)c1. The van der Waals surface area contributed by atoms with Gasteiger partial charge in [-0.15, -0.1) is 0 Å². The molecule has 0 aliphatic carbocycles.